The van der Waals surface area contributed by atoms with E-state index in [-0.39, 0.29) is 5.75 Å². The van der Waals surface area contributed by atoms with E-state index in [0.717, 1.165) is 17.8 Å². The van der Waals surface area contributed by atoms with E-state index >= 15 is 0 Å². The highest BCUT2D eigenvalue weighted by Crippen LogP contribution is 2.27. The van der Waals surface area contributed by atoms with Crippen molar-refractivity contribution in [2.75, 3.05) is 0 Å². The van der Waals surface area contributed by atoms with E-state index in [9.17, 15) is 14.5 Å². The lowest BCUT2D eigenvalue weighted by Gasteiger charge is -2.08. The molecular formula is C13H11FN2O3. The third-order valence-corrected chi connectivity index (χ3v) is 2.52. The van der Waals surface area contributed by atoms with Crippen LogP contribution in [-0.4, -0.2) is 9.91 Å². The second kappa shape index (κ2) is 5.01. The number of aromatic nitrogens is 1. The molecule has 0 atom stereocenters. The molecule has 0 aliphatic carbocycles. The summed E-state index contributed by atoms with van der Waals surface area (Å²) in [4.78, 5) is 13.9. The van der Waals surface area contributed by atoms with E-state index in [1.807, 2.05) is 6.92 Å². The Balaban J connectivity index is 2.29. The third-order valence-electron chi connectivity index (χ3n) is 2.52. The molecule has 0 aliphatic rings. The highest BCUT2D eigenvalue weighted by Gasteiger charge is 2.15. The average molecular weight is 262 g/mol. The summed E-state index contributed by atoms with van der Waals surface area (Å²) in [5.41, 5.74) is 0.935. The molecule has 0 spiro atoms. The quantitative estimate of drug-likeness (QED) is 0.626. The van der Waals surface area contributed by atoms with Crippen LogP contribution in [0.2, 0.25) is 0 Å². The van der Waals surface area contributed by atoms with Gasteiger partial charge in [0.15, 0.2) is 0 Å². The monoisotopic (exact) mass is 262 g/mol. The Kier molecular flexibility index (Phi) is 3.41. The number of rotatable bonds is 3. The zero-order valence-corrected chi connectivity index (χ0v) is 10.4. The van der Waals surface area contributed by atoms with E-state index in [0.29, 0.717) is 11.4 Å². The van der Waals surface area contributed by atoms with Crippen molar-refractivity contribution in [2.45, 2.75) is 13.8 Å². The van der Waals surface area contributed by atoms with Gasteiger partial charge in [0, 0.05) is 17.8 Å². The van der Waals surface area contributed by atoms with Crippen LogP contribution >= 0.6 is 0 Å². The lowest BCUT2D eigenvalue weighted by Crippen LogP contribution is -1.95. The lowest BCUT2D eigenvalue weighted by molar-refractivity contribution is -0.387. The van der Waals surface area contributed by atoms with Crippen molar-refractivity contribution in [2.24, 2.45) is 0 Å². The number of aryl methyl sites for hydroxylation is 2. The van der Waals surface area contributed by atoms with Crippen LogP contribution in [0.4, 0.5) is 10.1 Å². The summed E-state index contributed by atoms with van der Waals surface area (Å²) in [6.07, 6.45) is 0. The molecule has 0 amide bonds. The van der Waals surface area contributed by atoms with Gasteiger partial charge in [0.1, 0.15) is 11.5 Å². The van der Waals surface area contributed by atoms with Crippen molar-refractivity contribution in [3.8, 4) is 11.5 Å². The first-order valence-electron chi connectivity index (χ1n) is 5.53. The fraction of sp³-hybridized carbons (Fsp3) is 0.154. The molecule has 0 unspecified atom stereocenters. The second-order valence-corrected chi connectivity index (χ2v) is 4.01. The largest absolute Gasteiger partial charge is 0.455 e. The Bertz CT molecular complexity index is 644. The number of benzene rings is 1. The first-order chi connectivity index (χ1) is 8.97. The third kappa shape index (κ3) is 2.85. The van der Waals surface area contributed by atoms with E-state index < -0.39 is 16.4 Å². The Morgan fingerprint density at radius 3 is 2.58 bits per heavy atom. The summed E-state index contributed by atoms with van der Waals surface area (Å²) in [7, 11) is 0. The van der Waals surface area contributed by atoms with Gasteiger partial charge in [-0.15, -0.1) is 0 Å². The molecule has 19 heavy (non-hydrogen) atoms. The molecule has 1 aromatic carbocycles. The van der Waals surface area contributed by atoms with Crippen molar-refractivity contribution in [3.05, 3.63) is 57.7 Å². The first-order valence-corrected chi connectivity index (χ1v) is 5.53. The van der Waals surface area contributed by atoms with E-state index in [1.54, 1.807) is 19.1 Å². The maximum absolute atomic E-state index is 13.4. The van der Waals surface area contributed by atoms with Gasteiger partial charge in [0.25, 0.3) is 0 Å². The molecule has 5 nitrogen and oxygen atoms in total. The van der Waals surface area contributed by atoms with Crippen LogP contribution in [0.1, 0.15) is 11.4 Å². The molecule has 1 aromatic heterocycles. The number of halogens is 1. The Morgan fingerprint density at radius 2 is 2.00 bits per heavy atom. The van der Waals surface area contributed by atoms with Crippen molar-refractivity contribution in [3.63, 3.8) is 0 Å². The van der Waals surface area contributed by atoms with Crippen molar-refractivity contribution < 1.29 is 14.1 Å². The molecule has 0 radical (unpaired) electrons. The summed E-state index contributed by atoms with van der Waals surface area (Å²) >= 11 is 0. The molecule has 1 heterocycles. The molecule has 98 valence electrons. The number of nitro groups is 1. The highest BCUT2D eigenvalue weighted by molar-refractivity contribution is 5.41. The van der Waals surface area contributed by atoms with Gasteiger partial charge in [0.05, 0.1) is 10.6 Å². The van der Waals surface area contributed by atoms with Crippen LogP contribution in [0.25, 0.3) is 0 Å². The number of hydrogen-bond acceptors (Lipinski definition) is 4. The molecule has 0 fully saturated rings. The van der Waals surface area contributed by atoms with E-state index in [2.05, 4.69) is 4.98 Å². The Labute approximate surface area is 108 Å². The molecule has 0 saturated carbocycles. The summed E-state index contributed by atoms with van der Waals surface area (Å²) in [6.45, 7) is 3.62. The zero-order chi connectivity index (χ0) is 14.0. The van der Waals surface area contributed by atoms with Crippen LogP contribution in [0, 0.1) is 29.8 Å². The van der Waals surface area contributed by atoms with Gasteiger partial charge in [-0.25, -0.2) is 0 Å². The van der Waals surface area contributed by atoms with Gasteiger partial charge in [-0.2, -0.15) is 4.39 Å². The van der Waals surface area contributed by atoms with Crippen LogP contribution in [0.5, 0.6) is 11.5 Å². The number of nitro benzene ring substituents is 1. The molecule has 0 bridgehead atoms. The van der Waals surface area contributed by atoms with Crippen LogP contribution < -0.4 is 4.74 Å². The number of pyridine rings is 1. The van der Waals surface area contributed by atoms with Crippen molar-refractivity contribution in [1.29, 1.82) is 0 Å². The van der Waals surface area contributed by atoms with Crippen LogP contribution in [-0.2, 0) is 0 Å². The molecule has 0 saturated heterocycles. The molecule has 0 N–H and O–H groups in total. The number of hydrogen-bond donors (Lipinski definition) is 0. The van der Waals surface area contributed by atoms with Crippen molar-refractivity contribution in [1.82, 2.24) is 4.98 Å². The maximum Gasteiger partial charge on any atom is 0.305 e. The minimum Gasteiger partial charge on any atom is -0.455 e. The van der Waals surface area contributed by atoms with Crippen LogP contribution in [0.3, 0.4) is 0 Å². The minimum absolute atomic E-state index is 0.192. The van der Waals surface area contributed by atoms with E-state index in [4.69, 9.17) is 4.74 Å². The molecule has 0 aliphatic heterocycles. The Hall–Kier alpha value is -2.50. The van der Waals surface area contributed by atoms with E-state index in [1.165, 1.54) is 6.07 Å². The fourth-order valence-electron chi connectivity index (χ4n) is 1.61. The van der Waals surface area contributed by atoms with Crippen molar-refractivity contribution >= 4 is 5.69 Å². The summed E-state index contributed by atoms with van der Waals surface area (Å²) < 4.78 is 18.9. The highest BCUT2D eigenvalue weighted by atomic mass is 19.1. The zero-order valence-electron chi connectivity index (χ0n) is 10.4. The molecule has 2 aromatic rings. The summed E-state index contributed by atoms with van der Waals surface area (Å²) in [5.74, 6) is -0.254. The smallest absolute Gasteiger partial charge is 0.305 e. The fourth-order valence-corrected chi connectivity index (χ4v) is 1.61. The topological polar surface area (TPSA) is 65.3 Å². The predicted molar refractivity (Wildman–Crippen MR) is 66.8 cm³/mol. The summed E-state index contributed by atoms with van der Waals surface area (Å²) in [5, 5.41) is 10.5. The van der Waals surface area contributed by atoms with Crippen LogP contribution in [0.15, 0.2) is 30.3 Å². The lowest BCUT2D eigenvalue weighted by atomic mass is 10.2. The SMILES string of the molecule is Cc1ccc(Oc2ccc([N+](=O)[O-])c(F)c2)c(C)n1. The normalized spacial score (nSPS) is 10.3. The van der Waals surface area contributed by atoms with Gasteiger partial charge in [0.2, 0.25) is 5.82 Å². The Morgan fingerprint density at radius 1 is 1.26 bits per heavy atom. The predicted octanol–water partition coefficient (Wildman–Crippen LogP) is 3.54. The number of ether oxygens (including phenoxy) is 1. The van der Waals surface area contributed by atoms with Gasteiger partial charge in [-0.1, -0.05) is 0 Å². The minimum atomic E-state index is -0.930. The summed E-state index contributed by atoms with van der Waals surface area (Å²) in [6, 6.07) is 6.89. The molecule has 2 rings (SSSR count). The van der Waals surface area contributed by atoms with Gasteiger partial charge in [-0.3, -0.25) is 15.1 Å². The second-order valence-electron chi connectivity index (χ2n) is 4.01. The number of nitrogens with zero attached hydrogens (tertiary/aromatic N) is 2. The standard InChI is InChI=1S/C13H11FN2O3/c1-8-3-6-13(9(2)15-8)19-10-4-5-12(16(17)18)11(14)7-10/h3-7H,1-2H3. The van der Waals surface area contributed by atoms with Gasteiger partial charge in [-0.05, 0) is 32.0 Å². The average Bonchev–Trinajstić information content (AvgIpc) is 2.32. The maximum atomic E-state index is 13.4. The van der Waals surface area contributed by atoms with Gasteiger partial charge < -0.3 is 4.74 Å². The first kappa shape index (κ1) is 12.9. The van der Waals surface area contributed by atoms with Gasteiger partial charge >= 0.3 is 5.69 Å². The molecular weight excluding hydrogens is 251 g/mol. The molecule has 6 heteroatoms.